The minimum atomic E-state index is -0.862. The third-order valence-corrected chi connectivity index (χ3v) is 3.54. The van der Waals surface area contributed by atoms with E-state index in [1.807, 2.05) is 12.1 Å². The quantitative estimate of drug-likeness (QED) is 0.492. The standard InChI is InChI=1S/C15H18N2O5/c1-9(2)10-3-5-11(6-4-10)16-14(18)8-22-15(19)12-7-13(12)17(20)21/h3-6,9,12-13H,7-8H2,1-2H3,(H,16,18). The smallest absolute Gasteiger partial charge is 0.316 e. The van der Waals surface area contributed by atoms with E-state index in [1.165, 1.54) is 0 Å². The number of nitrogens with one attached hydrogen (secondary N) is 1. The summed E-state index contributed by atoms with van der Waals surface area (Å²) < 4.78 is 4.79. The number of nitrogens with zero attached hydrogens (tertiary/aromatic N) is 1. The summed E-state index contributed by atoms with van der Waals surface area (Å²) in [6.07, 6.45) is 0.185. The van der Waals surface area contributed by atoms with E-state index >= 15 is 0 Å². The molecule has 1 aliphatic rings. The van der Waals surface area contributed by atoms with Gasteiger partial charge in [0.05, 0.1) is 0 Å². The fourth-order valence-corrected chi connectivity index (χ4v) is 2.06. The molecule has 1 fully saturated rings. The Morgan fingerprint density at radius 1 is 1.36 bits per heavy atom. The highest BCUT2D eigenvalue weighted by Crippen LogP contribution is 2.34. The molecule has 0 aliphatic heterocycles. The Hall–Kier alpha value is -2.44. The van der Waals surface area contributed by atoms with Gasteiger partial charge in [0.2, 0.25) is 6.04 Å². The van der Waals surface area contributed by atoms with Gasteiger partial charge in [-0.05, 0) is 23.6 Å². The first-order valence-electron chi connectivity index (χ1n) is 7.08. The largest absolute Gasteiger partial charge is 0.455 e. The molecule has 1 aromatic carbocycles. The molecule has 2 atom stereocenters. The summed E-state index contributed by atoms with van der Waals surface area (Å²) in [5, 5.41) is 13.1. The zero-order valence-corrected chi connectivity index (χ0v) is 12.4. The molecule has 0 spiro atoms. The van der Waals surface area contributed by atoms with Crippen molar-refractivity contribution in [3.63, 3.8) is 0 Å². The van der Waals surface area contributed by atoms with Gasteiger partial charge >= 0.3 is 5.97 Å². The Kier molecular flexibility index (Phi) is 4.75. The predicted octanol–water partition coefficient (Wildman–Crippen LogP) is 1.96. The van der Waals surface area contributed by atoms with E-state index in [9.17, 15) is 19.7 Å². The first-order chi connectivity index (χ1) is 10.4. The van der Waals surface area contributed by atoms with Crippen molar-refractivity contribution in [1.29, 1.82) is 0 Å². The molecule has 7 nitrogen and oxygen atoms in total. The molecule has 1 amide bonds. The molecule has 0 saturated heterocycles. The van der Waals surface area contributed by atoms with Gasteiger partial charge in [-0.3, -0.25) is 19.7 Å². The second-order valence-electron chi connectivity index (χ2n) is 5.63. The lowest BCUT2D eigenvalue weighted by molar-refractivity contribution is -0.497. The summed E-state index contributed by atoms with van der Waals surface area (Å²) in [7, 11) is 0. The maximum absolute atomic E-state index is 11.7. The van der Waals surface area contributed by atoms with Crippen LogP contribution in [0.4, 0.5) is 5.69 Å². The number of rotatable bonds is 6. The minimum Gasteiger partial charge on any atom is -0.455 e. The molecule has 2 rings (SSSR count). The van der Waals surface area contributed by atoms with E-state index in [1.54, 1.807) is 12.1 Å². The number of nitro groups is 1. The lowest BCUT2D eigenvalue weighted by atomic mass is 10.0. The fraction of sp³-hybridized carbons (Fsp3) is 0.467. The van der Waals surface area contributed by atoms with Crippen molar-refractivity contribution < 1.29 is 19.2 Å². The number of anilines is 1. The monoisotopic (exact) mass is 306 g/mol. The average Bonchev–Trinajstić information content (AvgIpc) is 3.26. The molecule has 1 N–H and O–H groups in total. The molecule has 0 aromatic heterocycles. The van der Waals surface area contributed by atoms with Crippen molar-refractivity contribution in [2.24, 2.45) is 5.92 Å². The number of hydrogen-bond donors (Lipinski definition) is 1. The lowest BCUT2D eigenvalue weighted by Crippen LogP contribution is -2.22. The summed E-state index contributed by atoms with van der Waals surface area (Å²) in [5.74, 6) is -1.47. The van der Waals surface area contributed by atoms with Crippen molar-refractivity contribution in [2.45, 2.75) is 32.2 Å². The van der Waals surface area contributed by atoms with Gasteiger partial charge in [0.15, 0.2) is 6.61 Å². The van der Waals surface area contributed by atoms with Crippen LogP contribution in [0.1, 0.15) is 31.7 Å². The summed E-state index contributed by atoms with van der Waals surface area (Å²) in [6, 6.07) is 6.52. The summed E-state index contributed by atoms with van der Waals surface area (Å²) in [6.45, 7) is 3.71. The number of benzene rings is 1. The Bertz CT molecular complexity index is 582. The molecule has 1 saturated carbocycles. The summed E-state index contributed by atoms with van der Waals surface area (Å²) >= 11 is 0. The molecule has 1 aromatic rings. The van der Waals surface area contributed by atoms with Crippen LogP contribution in [-0.2, 0) is 14.3 Å². The van der Waals surface area contributed by atoms with Crippen molar-refractivity contribution in [1.82, 2.24) is 0 Å². The van der Waals surface area contributed by atoms with Crippen molar-refractivity contribution in [3.05, 3.63) is 39.9 Å². The van der Waals surface area contributed by atoms with Gasteiger partial charge in [-0.1, -0.05) is 26.0 Å². The van der Waals surface area contributed by atoms with Gasteiger partial charge in [-0.15, -0.1) is 0 Å². The molecule has 1 aliphatic carbocycles. The van der Waals surface area contributed by atoms with Crippen LogP contribution in [-0.4, -0.2) is 29.4 Å². The molecule has 0 heterocycles. The van der Waals surface area contributed by atoms with Crippen LogP contribution in [0.25, 0.3) is 0 Å². The number of hydrogen-bond acceptors (Lipinski definition) is 5. The molecule has 0 bridgehead atoms. The van der Waals surface area contributed by atoms with Crippen LogP contribution in [0.15, 0.2) is 24.3 Å². The van der Waals surface area contributed by atoms with Crippen LogP contribution in [0.3, 0.4) is 0 Å². The number of carbonyl (C=O) groups excluding carboxylic acids is 2. The second-order valence-corrected chi connectivity index (χ2v) is 5.63. The maximum Gasteiger partial charge on any atom is 0.316 e. The van der Waals surface area contributed by atoms with E-state index in [4.69, 9.17) is 4.74 Å². The Morgan fingerprint density at radius 2 is 2.00 bits per heavy atom. The zero-order chi connectivity index (χ0) is 16.3. The third-order valence-electron chi connectivity index (χ3n) is 3.54. The topological polar surface area (TPSA) is 98.5 Å². The van der Waals surface area contributed by atoms with Gasteiger partial charge in [0, 0.05) is 17.0 Å². The summed E-state index contributed by atoms with van der Waals surface area (Å²) in [5.41, 5.74) is 1.77. The van der Waals surface area contributed by atoms with E-state index in [2.05, 4.69) is 19.2 Å². The number of esters is 1. The van der Waals surface area contributed by atoms with Gasteiger partial charge in [-0.25, -0.2) is 0 Å². The third kappa shape index (κ3) is 4.03. The first-order valence-corrected chi connectivity index (χ1v) is 7.08. The number of ether oxygens (including phenoxy) is 1. The Morgan fingerprint density at radius 3 is 2.50 bits per heavy atom. The van der Waals surface area contributed by atoms with E-state index in [-0.39, 0.29) is 6.42 Å². The van der Waals surface area contributed by atoms with Gasteiger partial charge in [-0.2, -0.15) is 0 Å². The van der Waals surface area contributed by atoms with E-state index in [0.717, 1.165) is 5.56 Å². The van der Waals surface area contributed by atoms with Crippen molar-refractivity contribution in [2.75, 3.05) is 11.9 Å². The molecular weight excluding hydrogens is 288 g/mol. The van der Waals surface area contributed by atoms with Crippen molar-refractivity contribution in [3.8, 4) is 0 Å². The highest BCUT2D eigenvalue weighted by Gasteiger charge is 2.54. The van der Waals surface area contributed by atoms with Crippen molar-refractivity contribution >= 4 is 17.6 Å². The molecule has 22 heavy (non-hydrogen) atoms. The number of carbonyl (C=O) groups is 2. The summed E-state index contributed by atoms with van der Waals surface area (Å²) in [4.78, 5) is 33.1. The van der Waals surface area contributed by atoms with Crippen LogP contribution in [0, 0.1) is 16.0 Å². The molecule has 0 radical (unpaired) electrons. The average molecular weight is 306 g/mol. The van der Waals surface area contributed by atoms with Gasteiger partial charge in [0.25, 0.3) is 5.91 Å². The zero-order valence-electron chi connectivity index (χ0n) is 12.4. The lowest BCUT2D eigenvalue weighted by Gasteiger charge is -2.08. The normalized spacial score (nSPS) is 19.6. The van der Waals surface area contributed by atoms with Crippen LogP contribution < -0.4 is 5.32 Å². The van der Waals surface area contributed by atoms with E-state index < -0.39 is 35.4 Å². The molecular formula is C15H18N2O5. The van der Waals surface area contributed by atoms with E-state index in [0.29, 0.717) is 11.6 Å². The highest BCUT2D eigenvalue weighted by molar-refractivity contribution is 5.93. The van der Waals surface area contributed by atoms with Gasteiger partial charge < -0.3 is 10.1 Å². The minimum absolute atomic E-state index is 0.185. The first kappa shape index (κ1) is 15.9. The van der Waals surface area contributed by atoms with Crippen LogP contribution in [0.2, 0.25) is 0 Å². The van der Waals surface area contributed by atoms with Gasteiger partial charge in [0.1, 0.15) is 5.92 Å². The Labute approximate surface area is 127 Å². The maximum atomic E-state index is 11.7. The predicted molar refractivity (Wildman–Crippen MR) is 79.0 cm³/mol. The second kappa shape index (κ2) is 6.55. The number of amides is 1. The highest BCUT2D eigenvalue weighted by atomic mass is 16.6. The van der Waals surface area contributed by atoms with Crippen LogP contribution >= 0.6 is 0 Å². The molecule has 7 heteroatoms. The fourth-order valence-electron chi connectivity index (χ4n) is 2.06. The van der Waals surface area contributed by atoms with Crippen LogP contribution in [0.5, 0.6) is 0 Å². The Balaban J connectivity index is 1.76. The molecule has 118 valence electrons. The SMILES string of the molecule is CC(C)c1ccc(NC(=O)COC(=O)C2CC2[N+](=O)[O-])cc1. The molecule has 2 unspecified atom stereocenters.